The van der Waals surface area contributed by atoms with E-state index in [9.17, 15) is 0 Å². The highest BCUT2D eigenvalue weighted by Gasteiger charge is 2.21. The minimum atomic E-state index is 0.463. The highest BCUT2D eigenvalue weighted by atomic mass is 32.2. The third kappa shape index (κ3) is 1.30. The summed E-state index contributed by atoms with van der Waals surface area (Å²) < 4.78 is 0. The lowest BCUT2D eigenvalue weighted by atomic mass is 10.2. The fourth-order valence-corrected chi connectivity index (χ4v) is 3.42. The third-order valence-corrected chi connectivity index (χ3v) is 4.01. The Morgan fingerprint density at radius 2 is 2.64 bits per heavy atom. The number of fused-ring (bicyclic) bond motifs is 1. The molecule has 0 bridgehead atoms. The molecule has 0 saturated heterocycles. The summed E-state index contributed by atoms with van der Waals surface area (Å²) in [5.41, 5.74) is 8.80. The molecule has 1 aromatic heterocycles. The summed E-state index contributed by atoms with van der Waals surface area (Å²) in [6.45, 7) is 0.724. The number of thiazole rings is 1. The van der Waals surface area contributed by atoms with Crippen molar-refractivity contribution in [1.29, 1.82) is 0 Å². The summed E-state index contributed by atoms with van der Waals surface area (Å²) in [4.78, 5) is 5.77. The number of hydrogen-bond donors (Lipinski definition) is 1. The molecular formula is C7H10N2S2. The van der Waals surface area contributed by atoms with Crippen molar-refractivity contribution >= 4 is 23.1 Å². The first-order chi connectivity index (χ1) is 5.42. The Bertz CT molecular complexity index is 246. The maximum atomic E-state index is 5.62. The van der Waals surface area contributed by atoms with Crippen molar-refractivity contribution < 1.29 is 0 Å². The lowest BCUT2D eigenvalue weighted by molar-refractivity contribution is 0.873. The first-order valence-corrected chi connectivity index (χ1v) is 5.58. The Kier molecular flexibility index (Phi) is 2.16. The lowest BCUT2D eigenvalue weighted by Crippen LogP contribution is -2.15. The SMILES string of the molecule is NCC1SCCc2scnc21. The van der Waals surface area contributed by atoms with Gasteiger partial charge in [-0.25, -0.2) is 4.98 Å². The highest BCUT2D eigenvalue weighted by Crippen LogP contribution is 2.36. The number of aryl methyl sites for hydroxylation is 1. The summed E-state index contributed by atoms with van der Waals surface area (Å²) in [6.07, 6.45) is 1.18. The van der Waals surface area contributed by atoms with E-state index in [1.54, 1.807) is 11.3 Å². The molecule has 0 spiro atoms. The molecule has 0 saturated carbocycles. The van der Waals surface area contributed by atoms with Crippen LogP contribution in [0.5, 0.6) is 0 Å². The molecule has 11 heavy (non-hydrogen) atoms. The van der Waals surface area contributed by atoms with Gasteiger partial charge in [0, 0.05) is 11.4 Å². The predicted molar refractivity (Wildman–Crippen MR) is 50.1 cm³/mol. The normalized spacial score (nSPS) is 23.2. The largest absolute Gasteiger partial charge is 0.329 e. The standard InChI is InChI=1S/C7H10N2S2/c8-3-6-7-5(1-2-10-6)11-4-9-7/h4,6H,1-3,8H2. The van der Waals surface area contributed by atoms with Crippen LogP contribution in [0.25, 0.3) is 0 Å². The monoisotopic (exact) mass is 186 g/mol. The minimum absolute atomic E-state index is 0.463. The van der Waals surface area contributed by atoms with Crippen LogP contribution in [0.4, 0.5) is 0 Å². The van der Waals surface area contributed by atoms with Crippen LogP contribution in [0.15, 0.2) is 5.51 Å². The van der Waals surface area contributed by atoms with E-state index in [0.717, 1.165) is 6.54 Å². The summed E-state index contributed by atoms with van der Waals surface area (Å²) in [5, 5.41) is 0.463. The van der Waals surface area contributed by atoms with Crippen LogP contribution in [0.2, 0.25) is 0 Å². The van der Waals surface area contributed by atoms with E-state index in [1.165, 1.54) is 22.7 Å². The van der Waals surface area contributed by atoms with Crippen LogP contribution >= 0.6 is 23.1 Å². The highest BCUT2D eigenvalue weighted by molar-refractivity contribution is 7.99. The van der Waals surface area contributed by atoms with E-state index in [-0.39, 0.29) is 0 Å². The fourth-order valence-electron chi connectivity index (χ4n) is 1.28. The molecule has 0 radical (unpaired) electrons. The molecule has 0 aromatic carbocycles. The molecule has 1 aliphatic rings. The summed E-state index contributed by atoms with van der Waals surface area (Å²) >= 11 is 3.69. The smallest absolute Gasteiger partial charge is 0.0798 e. The topological polar surface area (TPSA) is 38.9 Å². The Balaban J connectivity index is 2.32. The van der Waals surface area contributed by atoms with E-state index in [0.29, 0.717) is 5.25 Å². The van der Waals surface area contributed by atoms with Gasteiger partial charge in [-0.3, -0.25) is 0 Å². The minimum Gasteiger partial charge on any atom is -0.329 e. The zero-order valence-electron chi connectivity index (χ0n) is 6.12. The van der Waals surface area contributed by atoms with Crippen molar-refractivity contribution in [2.75, 3.05) is 12.3 Å². The van der Waals surface area contributed by atoms with Gasteiger partial charge < -0.3 is 5.73 Å². The van der Waals surface area contributed by atoms with Gasteiger partial charge in [-0.2, -0.15) is 11.8 Å². The lowest BCUT2D eigenvalue weighted by Gasteiger charge is -2.18. The number of thioether (sulfide) groups is 1. The van der Waals surface area contributed by atoms with Gasteiger partial charge in [0.1, 0.15) is 0 Å². The van der Waals surface area contributed by atoms with E-state index in [4.69, 9.17) is 5.73 Å². The quantitative estimate of drug-likeness (QED) is 0.721. The van der Waals surface area contributed by atoms with Crippen molar-refractivity contribution in [3.8, 4) is 0 Å². The predicted octanol–water partition coefficient (Wildman–Crippen LogP) is 1.43. The van der Waals surface area contributed by atoms with Crippen LogP contribution in [0.1, 0.15) is 15.8 Å². The molecule has 0 aliphatic carbocycles. The van der Waals surface area contributed by atoms with Crippen LogP contribution in [0, 0.1) is 0 Å². The molecule has 0 amide bonds. The molecule has 1 unspecified atom stereocenters. The number of aromatic nitrogens is 1. The second-order valence-corrected chi connectivity index (χ2v) is 4.76. The van der Waals surface area contributed by atoms with E-state index < -0.39 is 0 Å². The molecule has 1 atom stereocenters. The van der Waals surface area contributed by atoms with Crippen LogP contribution in [-0.2, 0) is 6.42 Å². The molecule has 2 nitrogen and oxygen atoms in total. The van der Waals surface area contributed by atoms with Gasteiger partial charge in [0.25, 0.3) is 0 Å². The number of nitrogens with zero attached hydrogens (tertiary/aromatic N) is 1. The average Bonchev–Trinajstić information content (AvgIpc) is 2.50. The van der Waals surface area contributed by atoms with E-state index in [2.05, 4.69) is 4.98 Å². The Labute approximate surface area is 74.2 Å². The zero-order valence-corrected chi connectivity index (χ0v) is 7.75. The summed E-state index contributed by atoms with van der Waals surface area (Å²) in [5.74, 6) is 1.21. The van der Waals surface area contributed by atoms with Crippen molar-refractivity contribution in [2.45, 2.75) is 11.7 Å². The van der Waals surface area contributed by atoms with E-state index >= 15 is 0 Å². The number of rotatable bonds is 1. The van der Waals surface area contributed by atoms with Crippen LogP contribution < -0.4 is 5.73 Å². The molecule has 1 aliphatic heterocycles. The molecule has 1 aromatic rings. The molecule has 2 heterocycles. The van der Waals surface area contributed by atoms with Gasteiger partial charge in [0.2, 0.25) is 0 Å². The van der Waals surface area contributed by atoms with Gasteiger partial charge in [0.05, 0.1) is 16.5 Å². The average molecular weight is 186 g/mol. The fraction of sp³-hybridized carbons (Fsp3) is 0.571. The van der Waals surface area contributed by atoms with Crippen LogP contribution in [0.3, 0.4) is 0 Å². The Morgan fingerprint density at radius 3 is 3.45 bits per heavy atom. The molecule has 2 rings (SSSR count). The molecule has 0 fully saturated rings. The zero-order chi connectivity index (χ0) is 7.68. The number of nitrogens with two attached hydrogens (primary N) is 1. The van der Waals surface area contributed by atoms with Crippen molar-refractivity contribution in [2.24, 2.45) is 5.73 Å². The van der Waals surface area contributed by atoms with Crippen molar-refractivity contribution in [1.82, 2.24) is 4.98 Å². The maximum Gasteiger partial charge on any atom is 0.0798 e. The maximum absolute atomic E-state index is 5.62. The van der Waals surface area contributed by atoms with Gasteiger partial charge >= 0.3 is 0 Å². The van der Waals surface area contributed by atoms with Crippen molar-refractivity contribution in [3.05, 3.63) is 16.1 Å². The number of hydrogen-bond acceptors (Lipinski definition) is 4. The summed E-state index contributed by atoms with van der Waals surface area (Å²) in [6, 6.07) is 0. The Morgan fingerprint density at radius 1 is 1.73 bits per heavy atom. The van der Waals surface area contributed by atoms with Gasteiger partial charge in [0.15, 0.2) is 0 Å². The van der Waals surface area contributed by atoms with E-state index in [1.807, 2.05) is 17.3 Å². The first kappa shape index (κ1) is 7.58. The summed E-state index contributed by atoms with van der Waals surface area (Å²) in [7, 11) is 0. The van der Waals surface area contributed by atoms with Gasteiger partial charge in [-0.1, -0.05) is 0 Å². The third-order valence-electron chi connectivity index (χ3n) is 1.84. The van der Waals surface area contributed by atoms with Crippen LogP contribution in [-0.4, -0.2) is 17.3 Å². The molecule has 4 heteroatoms. The molecule has 60 valence electrons. The van der Waals surface area contributed by atoms with Gasteiger partial charge in [-0.05, 0) is 12.2 Å². The van der Waals surface area contributed by atoms with Crippen molar-refractivity contribution in [3.63, 3.8) is 0 Å². The van der Waals surface area contributed by atoms with Gasteiger partial charge in [-0.15, -0.1) is 11.3 Å². The molecular weight excluding hydrogens is 176 g/mol. The molecule has 2 N–H and O–H groups in total. The first-order valence-electron chi connectivity index (χ1n) is 3.65. The second kappa shape index (κ2) is 3.13. The second-order valence-electron chi connectivity index (χ2n) is 2.51. The Hall–Kier alpha value is -0.0600.